The van der Waals surface area contributed by atoms with Crippen molar-refractivity contribution in [3.8, 4) is 0 Å². The topological polar surface area (TPSA) is 45.8 Å². The van der Waals surface area contributed by atoms with Crippen molar-refractivity contribution < 1.29 is 0 Å². The Balaban J connectivity index is 3.28. The first kappa shape index (κ1) is 5.31. The van der Waals surface area contributed by atoms with Gasteiger partial charge in [-0.25, -0.2) is 4.98 Å². The van der Waals surface area contributed by atoms with E-state index in [1.54, 1.807) is 0 Å². The van der Waals surface area contributed by atoms with E-state index in [2.05, 4.69) is 9.97 Å². The van der Waals surface area contributed by atoms with Gasteiger partial charge in [0.25, 0.3) is 5.56 Å². The lowest BCUT2D eigenvalue weighted by Crippen LogP contribution is -2.02. The molecule has 4 heteroatoms. The summed E-state index contributed by atoms with van der Waals surface area (Å²) in [6.07, 6.45) is 1.35. The van der Waals surface area contributed by atoms with E-state index in [0.717, 1.165) is 0 Å². The van der Waals surface area contributed by atoms with Gasteiger partial charge in [-0.3, -0.25) is 9.78 Å². The highest BCUT2D eigenvalue weighted by Gasteiger charge is 1.83. The van der Waals surface area contributed by atoms with Gasteiger partial charge in [-0.1, -0.05) is 0 Å². The van der Waals surface area contributed by atoms with Gasteiger partial charge in [0.05, 0.1) is 0 Å². The van der Waals surface area contributed by atoms with E-state index < -0.39 is 0 Å². The highest BCUT2D eigenvalue weighted by Crippen LogP contribution is 1.89. The van der Waals surface area contributed by atoms with Gasteiger partial charge in [0.15, 0.2) is 0 Å². The summed E-state index contributed by atoms with van der Waals surface area (Å²) in [6, 6.07) is 1.30. The maximum Gasteiger partial charge on any atom is 0.251 e. The van der Waals surface area contributed by atoms with Crippen LogP contribution in [0, 0.1) is 0 Å². The molecule has 0 aliphatic rings. The van der Waals surface area contributed by atoms with Gasteiger partial charge in [-0.05, 0) is 11.6 Å². The van der Waals surface area contributed by atoms with Crippen LogP contribution in [0.5, 0.6) is 0 Å². The van der Waals surface area contributed by atoms with E-state index in [1.807, 2.05) is 0 Å². The van der Waals surface area contributed by atoms with Crippen LogP contribution in [-0.4, -0.2) is 9.97 Å². The molecule has 1 rings (SSSR count). The lowest BCUT2D eigenvalue weighted by atomic mass is 10.7. The lowest BCUT2D eigenvalue weighted by Gasteiger charge is -1.81. The normalized spacial score (nSPS) is 9.12. The van der Waals surface area contributed by atoms with Crippen LogP contribution in [-0.2, 0) is 0 Å². The summed E-state index contributed by atoms with van der Waals surface area (Å²) >= 11 is 5.28. The fourth-order valence-corrected chi connectivity index (χ4v) is 0.495. The summed E-state index contributed by atoms with van der Waals surface area (Å²) < 4.78 is 0. The van der Waals surface area contributed by atoms with Crippen molar-refractivity contribution in [2.45, 2.75) is 0 Å². The number of aromatic amines is 1. The molecular weight excluding hydrogens is 128 g/mol. The van der Waals surface area contributed by atoms with Crippen molar-refractivity contribution in [1.82, 2.24) is 9.97 Å². The van der Waals surface area contributed by atoms with E-state index in [0.29, 0.717) is 0 Å². The molecule has 1 aromatic rings. The first-order valence-corrected chi connectivity index (χ1v) is 2.37. The van der Waals surface area contributed by atoms with Gasteiger partial charge in [-0.2, -0.15) is 0 Å². The molecule has 0 spiro atoms. The second-order valence-electron chi connectivity index (χ2n) is 1.22. The second-order valence-corrected chi connectivity index (χ2v) is 1.58. The van der Waals surface area contributed by atoms with Crippen molar-refractivity contribution in [1.29, 1.82) is 0 Å². The third-order valence-corrected chi connectivity index (χ3v) is 0.832. The smallest absolute Gasteiger partial charge is 0.251 e. The lowest BCUT2D eigenvalue weighted by molar-refractivity contribution is 1.12. The fraction of sp³-hybridized carbons (Fsp3) is 0. The molecule has 42 valence electrons. The van der Waals surface area contributed by atoms with Gasteiger partial charge in [0, 0.05) is 12.3 Å². The van der Waals surface area contributed by atoms with Gasteiger partial charge in [0.1, 0.15) is 0 Å². The molecular formula is C4H3ClN2O. The molecule has 0 amide bonds. The Bertz CT molecular complexity index is 231. The number of hydrogen-bond donors (Lipinski definition) is 1. The van der Waals surface area contributed by atoms with Crippen LogP contribution in [0.3, 0.4) is 0 Å². The van der Waals surface area contributed by atoms with Crippen LogP contribution in [0.15, 0.2) is 17.1 Å². The number of H-pyrrole nitrogens is 1. The summed E-state index contributed by atoms with van der Waals surface area (Å²) in [4.78, 5) is 16.1. The molecule has 0 bridgehead atoms. The van der Waals surface area contributed by atoms with Crippen LogP contribution in [0.25, 0.3) is 0 Å². The van der Waals surface area contributed by atoms with E-state index in [1.165, 1.54) is 12.3 Å². The van der Waals surface area contributed by atoms with Crippen molar-refractivity contribution in [2.24, 2.45) is 0 Å². The number of hydrogen-bond acceptors (Lipinski definition) is 2. The third kappa shape index (κ3) is 1.07. The molecule has 0 radical (unpaired) electrons. The molecule has 0 aliphatic carbocycles. The minimum atomic E-state index is -0.231. The average molecular weight is 131 g/mol. The Morgan fingerprint density at radius 1 is 1.75 bits per heavy atom. The first-order valence-electron chi connectivity index (χ1n) is 2.00. The molecule has 0 aliphatic heterocycles. The highest BCUT2D eigenvalue weighted by atomic mass is 35.5. The zero-order valence-corrected chi connectivity index (χ0v) is 4.64. The van der Waals surface area contributed by atoms with Gasteiger partial charge >= 0.3 is 0 Å². The quantitative estimate of drug-likeness (QED) is 0.518. The predicted octanol–water partition coefficient (Wildman–Crippen LogP) is 0.423. The summed E-state index contributed by atoms with van der Waals surface area (Å²) in [6.45, 7) is 0. The molecule has 0 saturated heterocycles. The molecule has 0 fully saturated rings. The Labute approximate surface area is 50.3 Å². The molecule has 1 aromatic heterocycles. The van der Waals surface area contributed by atoms with Crippen LogP contribution >= 0.6 is 11.6 Å². The summed E-state index contributed by atoms with van der Waals surface area (Å²) in [7, 11) is 0. The van der Waals surface area contributed by atoms with Gasteiger partial charge < -0.3 is 0 Å². The molecule has 0 atom stereocenters. The van der Waals surface area contributed by atoms with Gasteiger partial charge in [-0.15, -0.1) is 0 Å². The van der Waals surface area contributed by atoms with Crippen LogP contribution < -0.4 is 5.56 Å². The van der Waals surface area contributed by atoms with E-state index in [-0.39, 0.29) is 10.8 Å². The first-order chi connectivity index (χ1) is 3.79. The van der Waals surface area contributed by atoms with Crippen molar-refractivity contribution >= 4 is 11.6 Å². The standard InChI is InChI=1S/C4H3ClN2O/c5-4-6-2-1-3(8)7-4/h1-2H,(H,6,7,8). The second kappa shape index (κ2) is 1.96. The number of halogens is 1. The minimum Gasteiger partial charge on any atom is -0.297 e. The maximum atomic E-state index is 10.3. The molecule has 1 N–H and O–H groups in total. The molecule has 3 nitrogen and oxygen atoms in total. The SMILES string of the molecule is O=c1ccnc(Cl)[nH]1. The predicted molar refractivity (Wildman–Crippen MR) is 29.9 cm³/mol. The molecule has 1 heterocycles. The summed E-state index contributed by atoms with van der Waals surface area (Å²) in [5.74, 6) is 0. The van der Waals surface area contributed by atoms with Crippen LogP contribution in [0.1, 0.15) is 0 Å². The number of nitrogens with zero attached hydrogens (tertiary/aromatic N) is 1. The van der Waals surface area contributed by atoms with E-state index >= 15 is 0 Å². The molecule has 8 heavy (non-hydrogen) atoms. The molecule has 0 unspecified atom stereocenters. The molecule has 0 aromatic carbocycles. The van der Waals surface area contributed by atoms with Crippen molar-refractivity contribution in [3.63, 3.8) is 0 Å². The highest BCUT2D eigenvalue weighted by molar-refractivity contribution is 6.28. The average Bonchev–Trinajstić information content (AvgIpc) is 1.64. The fourth-order valence-electron chi connectivity index (χ4n) is 0.346. The summed E-state index contributed by atoms with van der Waals surface area (Å²) in [5, 5.41) is 0.123. The van der Waals surface area contributed by atoms with Crippen LogP contribution in [0.4, 0.5) is 0 Å². The summed E-state index contributed by atoms with van der Waals surface area (Å²) in [5.41, 5.74) is -0.231. The number of aromatic nitrogens is 2. The van der Waals surface area contributed by atoms with Crippen molar-refractivity contribution in [2.75, 3.05) is 0 Å². The van der Waals surface area contributed by atoms with Crippen LogP contribution in [0.2, 0.25) is 5.28 Å². The third-order valence-electron chi connectivity index (χ3n) is 0.640. The number of rotatable bonds is 0. The number of nitrogens with one attached hydrogen (secondary N) is 1. The zero-order valence-electron chi connectivity index (χ0n) is 3.89. The van der Waals surface area contributed by atoms with E-state index in [9.17, 15) is 4.79 Å². The zero-order chi connectivity index (χ0) is 5.98. The van der Waals surface area contributed by atoms with E-state index in [4.69, 9.17) is 11.6 Å². The monoisotopic (exact) mass is 130 g/mol. The Hall–Kier alpha value is -0.830. The Kier molecular flexibility index (Phi) is 1.30. The molecule has 0 saturated carbocycles. The Morgan fingerprint density at radius 3 is 2.88 bits per heavy atom. The Morgan fingerprint density at radius 2 is 2.50 bits per heavy atom. The maximum absolute atomic E-state index is 10.3. The van der Waals surface area contributed by atoms with Gasteiger partial charge in [0.2, 0.25) is 5.28 Å². The minimum absolute atomic E-state index is 0.123. The van der Waals surface area contributed by atoms with Crippen molar-refractivity contribution in [3.05, 3.63) is 27.9 Å². The largest absolute Gasteiger partial charge is 0.297 e.